The number of carbonyl (C=O) groups excluding carboxylic acids is 1. The van der Waals surface area contributed by atoms with E-state index in [1.165, 1.54) is 0 Å². The Kier molecular flexibility index (Phi) is 5.41. The largest absolute Gasteiger partial charge is 0.392 e. The number of aliphatic hydroxyl groups excluding tert-OH is 2. The van der Waals surface area contributed by atoms with Gasteiger partial charge in [0.2, 0.25) is 5.91 Å². The maximum Gasteiger partial charge on any atom is 0.223 e. The van der Waals surface area contributed by atoms with Crippen LogP contribution < -0.4 is 5.32 Å². The van der Waals surface area contributed by atoms with Crippen molar-refractivity contribution in [2.45, 2.75) is 25.6 Å². The molecule has 0 aliphatic rings. The molecule has 2 unspecified atom stereocenters. The Morgan fingerprint density at radius 2 is 1.94 bits per heavy atom. The average molecular weight is 258 g/mol. The molecule has 0 bridgehead atoms. The normalized spacial score (nSPS) is 14.1. The third kappa shape index (κ3) is 5.17. The molecule has 0 saturated heterocycles. The zero-order chi connectivity index (χ0) is 12.8. The number of hydrogen-bond donors (Lipinski definition) is 3. The van der Waals surface area contributed by atoms with E-state index in [4.69, 9.17) is 16.7 Å². The minimum absolute atomic E-state index is 0.0334. The van der Waals surface area contributed by atoms with Crippen molar-refractivity contribution in [3.63, 3.8) is 0 Å². The van der Waals surface area contributed by atoms with E-state index in [1.807, 2.05) is 0 Å². The Hall–Kier alpha value is -1.10. The first-order valence-corrected chi connectivity index (χ1v) is 5.75. The Labute approximate surface area is 105 Å². The van der Waals surface area contributed by atoms with E-state index < -0.39 is 12.2 Å². The second kappa shape index (κ2) is 6.59. The quantitative estimate of drug-likeness (QED) is 0.744. The summed E-state index contributed by atoms with van der Waals surface area (Å²) in [5.41, 5.74) is 0.640. The minimum atomic E-state index is -0.860. The molecule has 1 amide bonds. The molecular formula is C12H16ClNO3. The zero-order valence-corrected chi connectivity index (χ0v) is 10.3. The third-order valence-electron chi connectivity index (χ3n) is 2.23. The summed E-state index contributed by atoms with van der Waals surface area (Å²) in [4.78, 5) is 11.4. The molecule has 0 heterocycles. The average Bonchev–Trinajstić information content (AvgIpc) is 2.27. The van der Waals surface area contributed by atoms with Gasteiger partial charge in [0.15, 0.2) is 0 Å². The number of halogens is 1. The summed E-state index contributed by atoms with van der Waals surface area (Å²) in [5, 5.41) is 21.9. The summed E-state index contributed by atoms with van der Waals surface area (Å²) in [6, 6.07) is 6.67. The van der Waals surface area contributed by atoms with Gasteiger partial charge < -0.3 is 15.5 Å². The topological polar surface area (TPSA) is 69.6 Å². The number of amides is 1. The second-order valence-electron chi connectivity index (χ2n) is 3.92. The van der Waals surface area contributed by atoms with Crippen LogP contribution in [0.5, 0.6) is 0 Å². The minimum Gasteiger partial charge on any atom is -0.392 e. The molecule has 0 spiro atoms. The van der Waals surface area contributed by atoms with Crippen LogP contribution in [0.1, 0.15) is 25.0 Å². The van der Waals surface area contributed by atoms with Crippen LogP contribution in [0.15, 0.2) is 24.3 Å². The molecule has 0 fully saturated rings. The highest BCUT2D eigenvalue weighted by molar-refractivity contribution is 6.30. The van der Waals surface area contributed by atoms with Crippen molar-refractivity contribution in [2.75, 3.05) is 6.54 Å². The summed E-state index contributed by atoms with van der Waals surface area (Å²) in [5.74, 6) is -0.298. The van der Waals surface area contributed by atoms with Gasteiger partial charge in [0.1, 0.15) is 0 Å². The number of nitrogens with one attached hydrogen (secondary N) is 1. The van der Waals surface area contributed by atoms with Crippen LogP contribution in [-0.2, 0) is 4.79 Å². The van der Waals surface area contributed by atoms with Crippen molar-refractivity contribution in [3.8, 4) is 0 Å². The molecule has 4 nitrogen and oxygen atoms in total. The number of rotatable bonds is 5. The summed E-state index contributed by atoms with van der Waals surface area (Å²) < 4.78 is 0. The van der Waals surface area contributed by atoms with Gasteiger partial charge in [0.25, 0.3) is 0 Å². The molecule has 1 rings (SSSR count). The van der Waals surface area contributed by atoms with Crippen molar-refractivity contribution in [2.24, 2.45) is 0 Å². The van der Waals surface area contributed by atoms with Crippen LogP contribution >= 0.6 is 11.6 Å². The lowest BCUT2D eigenvalue weighted by Crippen LogP contribution is -2.31. The van der Waals surface area contributed by atoms with E-state index in [1.54, 1.807) is 31.2 Å². The maximum absolute atomic E-state index is 11.4. The summed E-state index contributed by atoms with van der Waals surface area (Å²) >= 11 is 5.72. The highest BCUT2D eigenvalue weighted by Gasteiger charge is 2.13. The maximum atomic E-state index is 11.4. The Morgan fingerprint density at radius 3 is 2.47 bits per heavy atom. The molecule has 1 aromatic carbocycles. The van der Waals surface area contributed by atoms with Gasteiger partial charge in [-0.2, -0.15) is 0 Å². The zero-order valence-electron chi connectivity index (χ0n) is 9.56. The first-order chi connectivity index (χ1) is 7.99. The van der Waals surface area contributed by atoms with Crippen molar-refractivity contribution in [3.05, 3.63) is 34.9 Å². The molecule has 3 N–H and O–H groups in total. The van der Waals surface area contributed by atoms with E-state index in [-0.39, 0.29) is 18.9 Å². The monoisotopic (exact) mass is 257 g/mol. The van der Waals surface area contributed by atoms with Crippen LogP contribution in [0.2, 0.25) is 5.02 Å². The fourth-order valence-corrected chi connectivity index (χ4v) is 1.44. The highest BCUT2D eigenvalue weighted by Crippen LogP contribution is 2.18. The molecule has 0 radical (unpaired) electrons. The van der Waals surface area contributed by atoms with E-state index >= 15 is 0 Å². The molecule has 5 heteroatoms. The van der Waals surface area contributed by atoms with Gasteiger partial charge in [0, 0.05) is 11.6 Å². The predicted molar refractivity (Wildman–Crippen MR) is 65.7 cm³/mol. The number of carbonyl (C=O) groups is 1. The van der Waals surface area contributed by atoms with E-state index in [2.05, 4.69) is 5.32 Å². The molecule has 1 aromatic rings. The predicted octanol–water partition coefficient (Wildman–Crippen LogP) is 1.26. The van der Waals surface area contributed by atoms with Crippen LogP contribution in [0.4, 0.5) is 0 Å². The second-order valence-corrected chi connectivity index (χ2v) is 4.36. The van der Waals surface area contributed by atoms with Gasteiger partial charge in [-0.25, -0.2) is 0 Å². The van der Waals surface area contributed by atoms with Gasteiger partial charge in [-0.05, 0) is 24.6 Å². The SMILES string of the molecule is CC(O)CNC(=O)CC(O)c1ccc(Cl)cc1. The molecule has 17 heavy (non-hydrogen) atoms. The Balaban J connectivity index is 2.46. The molecule has 94 valence electrons. The van der Waals surface area contributed by atoms with Crippen molar-refractivity contribution < 1.29 is 15.0 Å². The van der Waals surface area contributed by atoms with Crippen molar-refractivity contribution in [1.29, 1.82) is 0 Å². The smallest absolute Gasteiger partial charge is 0.223 e. The van der Waals surface area contributed by atoms with E-state index in [0.29, 0.717) is 10.6 Å². The van der Waals surface area contributed by atoms with Gasteiger partial charge in [0.05, 0.1) is 18.6 Å². The molecular weight excluding hydrogens is 242 g/mol. The Morgan fingerprint density at radius 1 is 1.35 bits per heavy atom. The van der Waals surface area contributed by atoms with E-state index in [9.17, 15) is 9.90 Å². The summed E-state index contributed by atoms with van der Waals surface area (Å²) in [6.07, 6.45) is -1.48. The van der Waals surface area contributed by atoms with Gasteiger partial charge in [-0.3, -0.25) is 4.79 Å². The third-order valence-corrected chi connectivity index (χ3v) is 2.48. The first-order valence-electron chi connectivity index (χ1n) is 5.37. The van der Waals surface area contributed by atoms with Crippen molar-refractivity contribution in [1.82, 2.24) is 5.32 Å². The van der Waals surface area contributed by atoms with Crippen LogP contribution in [0.3, 0.4) is 0 Å². The van der Waals surface area contributed by atoms with Crippen LogP contribution in [-0.4, -0.2) is 28.8 Å². The molecule has 2 atom stereocenters. The number of benzene rings is 1. The van der Waals surface area contributed by atoms with Gasteiger partial charge in [-0.1, -0.05) is 23.7 Å². The van der Waals surface area contributed by atoms with Gasteiger partial charge >= 0.3 is 0 Å². The molecule has 0 aliphatic heterocycles. The lowest BCUT2D eigenvalue weighted by molar-refractivity contribution is -0.123. The lowest BCUT2D eigenvalue weighted by atomic mass is 10.1. The van der Waals surface area contributed by atoms with Crippen molar-refractivity contribution >= 4 is 17.5 Å². The van der Waals surface area contributed by atoms with Gasteiger partial charge in [-0.15, -0.1) is 0 Å². The molecule has 0 saturated carbocycles. The first kappa shape index (κ1) is 14.0. The van der Waals surface area contributed by atoms with Crippen LogP contribution in [0.25, 0.3) is 0 Å². The standard InChI is InChI=1S/C12H16ClNO3/c1-8(15)7-14-12(17)6-11(16)9-2-4-10(13)5-3-9/h2-5,8,11,15-16H,6-7H2,1H3,(H,14,17). The van der Waals surface area contributed by atoms with E-state index in [0.717, 1.165) is 0 Å². The fraction of sp³-hybridized carbons (Fsp3) is 0.417. The lowest BCUT2D eigenvalue weighted by Gasteiger charge is -2.12. The number of hydrogen-bond acceptors (Lipinski definition) is 3. The highest BCUT2D eigenvalue weighted by atomic mass is 35.5. The number of aliphatic hydroxyl groups is 2. The fourth-order valence-electron chi connectivity index (χ4n) is 1.31. The summed E-state index contributed by atoms with van der Waals surface area (Å²) in [6.45, 7) is 1.77. The Bertz CT molecular complexity index is 365. The van der Waals surface area contributed by atoms with Crippen LogP contribution in [0, 0.1) is 0 Å². The molecule has 0 aromatic heterocycles. The summed E-state index contributed by atoms with van der Waals surface area (Å²) in [7, 11) is 0. The molecule has 0 aliphatic carbocycles.